The Morgan fingerprint density at radius 1 is 1.00 bits per heavy atom. The van der Waals surface area contributed by atoms with E-state index in [1.165, 1.54) is 0 Å². The van der Waals surface area contributed by atoms with Gasteiger partial charge in [0.2, 0.25) is 6.10 Å². The summed E-state index contributed by atoms with van der Waals surface area (Å²) in [6, 6.07) is 12.4. The molecule has 30 heavy (non-hydrogen) atoms. The maximum absolute atomic E-state index is 12.1. The minimum Gasteiger partial charge on any atom is -0.485 e. The number of benzene rings is 2. The van der Waals surface area contributed by atoms with Crippen molar-refractivity contribution in [1.29, 1.82) is 0 Å². The van der Waals surface area contributed by atoms with Gasteiger partial charge < -0.3 is 18.9 Å². The lowest BCUT2D eigenvalue weighted by Crippen LogP contribution is -2.51. The van der Waals surface area contributed by atoms with E-state index in [9.17, 15) is 14.4 Å². The van der Waals surface area contributed by atoms with Crippen molar-refractivity contribution in [2.75, 3.05) is 19.8 Å². The van der Waals surface area contributed by atoms with Crippen molar-refractivity contribution >= 4 is 17.8 Å². The quantitative estimate of drug-likeness (QED) is 0.540. The van der Waals surface area contributed by atoms with Crippen molar-refractivity contribution in [3.63, 3.8) is 0 Å². The van der Waals surface area contributed by atoms with Crippen molar-refractivity contribution in [3.05, 3.63) is 53.6 Å². The fraction of sp³-hybridized carbons (Fsp3) is 0.286. The Morgan fingerprint density at radius 3 is 2.57 bits per heavy atom. The first kappa shape index (κ1) is 21.0. The highest BCUT2D eigenvalue weighted by molar-refractivity contribution is 5.86. The predicted octanol–water partition coefficient (Wildman–Crippen LogP) is 1.21. The monoisotopic (exact) mass is 414 g/mol. The fourth-order valence-electron chi connectivity index (χ4n) is 2.60. The summed E-state index contributed by atoms with van der Waals surface area (Å²) in [5.41, 5.74) is 6.32. The molecule has 0 bridgehead atoms. The molecular weight excluding hydrogens is 392 g/mol. The molecule has 0 fully saturated rings. The molecule has 1 atom stereocenters. The van der Waals surface area contributed by atoms with E-state index in [1.54, 1.807) is 30.3 Å². The Kier molecular flexibility index (Phi) is 6.74. The van der Waals surface area contributed by atoms with Gasteiger partial charge in [-0.3, -0.25) is 20.4 Å². The van der Waals surface area contributed by atoms with Crippen LogP contribution in [0, 0.1) is 13.8 Å². The molecule has 158 valence electrons. The van der Waals surface area contributed by atoms with Gasteiger partial charge in [0.15, 0.2) is 24.7 Å². The zero-order chi connectivity index (χ0) is 21.5. The highest BCUT2D eigenvalue weighted by atomic mass is 16.6. The molecule has 0 unspecified atom stereocenters. The lowest BCUT2D eigenvalue weighted by Gasteiger charge is -2.25. The van der Waals surface area contributed by atoms with Crippen molar-refractivity contribution in [2.45, 2.75) is 20.0 Å². The highest BCUT2D eigenvalue weighted by Crippen LogP contribution is 2.30. The summed E-state index contributed by atoms with van der Waals surface area (Å²) in [6.45, 7) is 2.91. The number of carbonyl (C=O) groups excluding carboxylic acids is 3. The van der Waals surface area contributed by atoms with E-state index in [-0.39, 0.29) is 13.2 Å². The number of rotatable bonds is 6. The second-order valence-electron chi connectivity index (χ2n) is 6.55. The standard InChI is InChI=1S/C21H22N2O7/c1-13-6-5-9-15(14(13)2)28-12-20(25)29-11-19(24)22-23-21(26)18-10-27-16-7-3-4-8-17(16)30-18/h3-9,18H,10-12H2,1-2H3,(H,22,24)(H,23,26)/t18-/m1/s1. The molecule has 2 aromatic rings. The van der Waals surface area contributed by atoms with Gasteiger partial charge in [0, 0.05) is 0 Å². The van der Waals surface area contributed by atoms with Gasteiger partial charge in [-0.05, 0) is 43.2 Å². The smallest absolute Gasteiger partial charge is 0.344 e. The van der Waals surface area contributed by atoms with Crippen LogP contribution < -0.4 is 25.1 Å². The zero-order valence-corrected chi connectivity index (χ0v) is 16.6. The summed E-state index contributed by atoms with van der Waals surface area (Å²) in [6.07, 6.45) is -0.922. The van der Waals surface area contributed by atoms with Gasteiger partial charge in [-0.2, -0.15) is 0 Å². The molecule has 0 aromatic heterocycles. The number of para-hydroxylation sites is 2. The molecule has 2 N–H and O–H groups in total. The van der Waals surface area contributed by atoms with Crippen molar-refractivity contribution in [3.8, 4) is 17.2 Å². The minimum absolute atomic E-state index is 0.00339. The second-order valence-corrected chi connectivity index (χ2v) is 6.55. The van der Waals surface area contributed by atoms with Crippen molar-refractivity contribution in [2.24, 2.45) is 0 Å². The Hall–Kier alpha value is -3.75. The third kappa shape index (κ3) is 5.40. The largest absolute Gasteiger partial charge is 0.485 e. The van der Waals surface area contributed by atoms with Crippen LogP contribution >= 0.6 is 0 Å². The summed E-state index contributed by atoms with van der Waals surface area (Å²) in [7, 11) is 0. The predicted molar refractivity (Wildman–Crippen MR) is 105 cm³/mol. The Bertz CT molecular complexity index is 945. The molecule has 1 aliphatic heterocycles. The van der Waals surface area contributed by atoms with Crippen LogP contribution in [0.2, 0.25) is 0 Å². The van der Waals surface area contributed by atoms with Crippen LogP contribution in [0.25, 0.3) is 0 Å². The van der Waals surface area contributed by atoms with E-state index in [1.807, 2.05) is 26.0 Å². The molecule has 0 saturated heterocycles. The second kappa shape index (κ2) is 9.64. The number of ether oxygens (including phenoxy) is 4. The first-order valence-electron chi connectivity index (χ1n) is 9.26. The number of fused-ring (bicyclic) bond motifs is 1. The van der Waals surface area contributed by atoms with Crippen LogP contribution in [0.15, 0.2) is 42.5 Å². The van der Waals surface area contributed by atoms with Crippen LogP contribution in [0.3, 0.4) is 0 Å². The Morgan fingerprint density at radius 2 is 1.77 bits per heavy atom. The third-order valence-electron chi connectivity index (χ3n) is 4.39. The number of hydrogen-bond donors (Lipinski definition) is 2. The van der Waals surface area contributed by atoms with Gasteiger partial charge in [-0.25, -0.2) is 4.79 Å². The summed E-state index contributed by atoms with van der Waals surface area (Å²) in [4.78, 5) is 35.7. The van der Waals surface area contributed by atoms with Gasteiger partial charge in [-0.1, -0.05) is 24.3 Å². The number of amides is 2. The molecule has 1 aliphatic rings. The first-order chi connectivity index (χ1) is 14.4. The van der Waals surface area contributed by atoms with Crippen LogP contribution in [0.5, 0.6) is 17.2 Å². The van der Waals surface area contributed by atoms with E-state index in [4.69, 9.17) is 18.9 Å². The molecule has 2 amide bonds. The van der Waals surface area contributed by atoms with E-state index in [2.05, 4.69) is 10.9 Å². The van der Waals surface area contributed by atoms with Gasteiger partial charge in [0.25, 0.3) is 11.8 Å². The topological polar surface area (TPSA) is 112 Å². The maximum atomic E-state index is 12.1. The van der Waals surface area contributed by atoms with Crippen LogP contribution in [-0.2, 0) is 19.1 Å². The number of aryl methyl sites for hydroxylation is 1. The van der Waals surface area contributed by atoms with Crippen LogP contribution in [0.4, 0.5) is 0 Å². The van der Waals surface area contributed by atoms with Gasteiger partial charge in [-0.15, -0.1) is 0 Å². The molecular formula is C21H22N2O7. The molecule has 2 aromatic carbocycles. The van der Waals surface area contributed by atoms with E-state index >= 15 is 0 Å². The van der Waals surface area contributed by atoms with E-state index in [0.717, 1.165) is 11.1 Å². The number of hydrazine groups is 1. The Balaban J connectivity index is 1.36. The average Bonchev–Trinajstić information content (AvgIpc) is 2.76. The van der Waals surface area contributed by atoms with Crippen LogP contribution in [0.1, 0.15) is 11.1 Å². The molecule has 1 heterocycles. The average molecular weight is 414 g/mol. The van der Waals surface area contributed by atoms with Crippen LogP contribution in [-0.4, -0.2) is 43.7 Å². The highest BCUT2D eigenvalue weighted by Gasteiger charge is 2.27. The van der Waals surface area contributed by atoms with E-state index in [0.29, 0.717) is 17.2 Å². The maximum Gasteiger partial charge on any atom is 0.344 e. The molecule has 3 rings (SSSR count). The van der Waals surface area contributed by atoms with Gasteiger partial charge in [0.05, 0.1) is 0 Å². The van der Waals surface area contributed by atoms with Crippen molar-refractivity contribution < 1.29 is 33.3 Å². The SMILES string of the molecule is Cc1cccc(OCC(=O)OCC(=O)NNC(=O)[C@H]2COc3ccccc3O2)c1C. The lowest BCUT2D eigenvalue weighted by atomic mass is 10.1. The summed E-state index contributed by atoms with van der Waals surface area (Å²) in [5, 5.41) is 0. The summed E-state index contributed by atoms with van der Waals surface area (Å²) < 4.78 is 21.2. The first-order valence-corrected chi connectivity index (χ1v) is 9.26. The molecule has 9 heteroatoms. The van der Waals surface area contributed by atoms with Crippen molar-refractivity contribution in [1.82, 2.24) is 10.9 Å². The number of carbonyl (C=O) groups is 3. The van der Waals surface area contributed by atoms with Gasteiger partial charge >= 0.3 is 5.97 Å². The molecule has 0 spiro atoms. The van der Waals surface area contributed by atoms with E-state index < -0.39 is 30.5 Å². The minimum atomic E-state index is -0.922. The number of hydrogen-bond acceptors (Lipinski definition) is 7. The molecule has 0 aliphatic carbocycles. The summed E-state index contributed by atoms with van der Waals surface area (Å²) >= 11 is 0. The Labute approximate surface area is 173 Å². The lowest BCUT2D eigenvalue weighted by molar-refractivity contribution is -0.151. The molecule has 0 radical (unpaired) electrons. The zero-order valence-electron chi connectivity index (χ0n) is 16.6. The van der Waals surface area contributed by atoms with Gasteiger partial charge in [0.1, 0.15) is 12.4 Å². The molecule has 0 saturated carbocycles. The molecule has 9 nitrogen and oxygen atoms in total. The summed E-state index contributed by atoms with van der Waals surface area (Å²) in [5.74, 6) is -0.463. The normalized spacial score (nSPS) is 14.4. The fourth-order valence-corrected chi connectivity index (χ4v) is 2.60. The third-order valence-corrected chi connectivity index (χ3v) is 4.39. The number of esters is 1. The number of nitrogens with one attached hydrogen (secondary N) is 2.